The highest BCUT2D eigenvalue weighted by atomic mass is 16.4. The third-order valence-electron chi connectivity index (χ3n) is 4.88. The summed E-state index contributed by atoms with van der Waals surface area (Å²) in [5.41, 5.74) is 4.42. The summed E-state index contributed by atoms with van der Waals surface area (Å²) in [5, 5.41) is 13.4. The molecule has 0 unspecified atom stereocenters. The fourth-order valence-corrected chi connectivity index (χ4v) is 3.52. The molecule has 3 heterocycles. The van der Waals surface area contributed by atoms with Crippen molar-refractivity contribution < 1.29 is 9.90 Å². The SMILES string of the molecule is O=C(O)CCc1cc2n(n1)CCCN(Cc1ccc(-n3ccnc3)cc1)C2. The normalized spacial score (nSPS) is 14.7. The van der Waals surface area contributed by atoms with Crippen molar-refractivity contribution in [3.63, 3.8) is 0 Å². The summed E-state index contributed by atoms with van der Waals surface area (Å²) in [6, 6.07) is 10.6. The molecule has 27 heavy (non-hydrogen) atoms. The maximum absolute atomic E-state index is 10.8. The standard InChI is InChI=1S/C20H23N5O2/c26-20(27)7-4-17-12-19-14-23(9-1-10-25(19)22-17)13-16-2-5-18(6-3-16)24-11-8-21-15-24/h2-3,5-6,8,11-12,15H,1,4,7,9-10,13-14H2,(H,26,27). The number of rotatable bonds is 6. The largest absolute Gasteiger partial charge is 0.481 e. The average Bonchev–Trinajstić information content (AvgIpc) is 3.28. The third kappa shape index (κ3) is 4.25. The van der Waals surface area contributed by atoms with Gasteiger partial charge in [0.15, 0.2) is 0 Å². The van der Waals surface area contributed by atoms with E-state index in [9.17, 15) is 4.79 Å². The Morgan fingerprint density at radius 2 is 2.04 bits per heavy atom. The third-order valence-corrected chi connectivity index (χ3v) is 4.88. The van der Waals surface area contributed by atoms with E-state index >= 15 is 0 Å². The van der Waals surface area contributed by atoms with Crippen LogP contribution < -0.4 is 0 Å². The van der Waals surface area contributed by atoms with Gasteiger partial charge in [0, 0.05) is 50.7 Å². The Hall–Kier alpha value is -2.93. The van der Waals surface area contributed by atoms with E-state index in [4.69, 9.17) is 5.11 Å². The lowest BCUT2D eigenvalue weighted by Crippen LogP contribution is -2.22. The molecule has 0 spiro atoms. The van der Waals surface area contributed by atoms with Crippen molar-refractivity contribution in [1.82, 2.24) is 24.2 Å². The summed E-state index contributed by atoms with van der Waals surface area (Å²) in [6.45, 7) is 3.64. The summed E-state index contributed by atoms with van der Waals surface area (Å²) < 4.78 is 4.03. The molecule has 0 atom stereocenters. The predicted octanol–water partition coefficient (Wildman–Crippen LogP) is 2.49. The van der Waals surface area contributed by atoms with E-state index in [2.05, 4.69) is 45.3 Å². The molecule has 140 valence electrons. The Morgan fingerprint density at radius 3 is 2.78 bits per heavy atom. The van der Waals surface area contributed by atoms with Gasteiger partial charge < -0.3 is 9.67 Å². The molecule has 0 bridgehead atoms. The lowest BCUT2D eigenvalue weighted by Gasteiger charge is -2.19. The highest BCUT2D eigenvalue weighted by molar-refractivity contribution is 5.66. The van der Waals surface area contributed by atoms with E-state index in [0.29, 0.717) is 6.42 Å². The van der Waals surface area contributed by atoms with Gasteiger partial charge in [0.1, 0.15) is 0 Å². The van der Waals surface area contributed by atoms with Gasteiger partial charge in [0.05, 0.1) is 24.1 Å². The first-order valence-corrected chi connectivity index (χ1v) is 9.24. The van der Waals surface area contributed by atoms with Crippen molar-refractivity contribution in [2.24, 2.45) is 0 Å². The lowest BCUT2D eigenvalue weighted by molar-refractivity contribution is -0.136. The molecule has 3 aromatic rings. The molecule has 0 saturated heterocycles. The number of aryl methyl sites for hydroxylation is 2. The minimum Gasteiger partial charge on any atom is -0.481 e. The number of carboxylic acid groups (broad SMARTS) is 1. The highest BCUT2D eigenvalue weighted by Crippen LogP contribution is 2.18. The summed E-state index contributed by atoms with van der Waals surface area (Å²) >= 11 is 0. The van der Waals surface area contributed by atoms with Crippen LogP contribution in [0.2, 0.25) is 0 Å². The van der Waals surface area contributed by atoms with Crippen molar-refractivity contribution in [2.75, 3.05) is 6.54 Å². The van der Waals surface area contributed by atoms with Crippen LogP contribution in [0.15, 0.2) is 49.1 Å². The number of aromatic nitrogens is 4. The monoisotopic (exact) mass is 365 g/mol. The first-order valence-electron chi connectivity index (χ1n) is 9.24. The highest BCUT2D eigenvalue weighted by Gasteiger charge is 2.17. The zero-order valence-corrected chi connectivity index (χ0v) is 15.2. The van der Waals surface area contributed by atoms with Crippen LogP contribution in [-0.2, 0) is 30.8 Å². The molecule has 7 heteroatoms. The molecule has 0 fully saturated rings. The Kier molecular flexibility index (Phi) is 5.02. The quantitative estimate of drug-likeness (QED) is 0.726. The minimum absolute atomic E-state index is 0.128. The molecule has 0 aliphatic carbocycles. The van der Waals surface area contributed by atoms with Crippen LogP contribution in [0.3, 0.4) is 0 Å². The summed E-state index contributed by atoms with van der Waals surface area (Å²) in [6.07, 6.45) is 7.17. The van der Waals surface area contributed by atoms with Gasteiger partial charge >= 0.3 is 5.97 Å². The average molecular weight is 365 g/mol. The van der Waals surface area contributed by atoms with E-state index in [0.717, 1.165) is 44.0 Å². The molecule has 1 N–H and O–H groups in total. The van der Waals surface area contributed by atoms with E-state index in [1.54, 1.807) is 12.5 Å². The minimum atomic E-state index is -0.779. The van der Waals surface area contributed by atoms with Crippen LogP contribution in [0, 0.1) is 0 Å². The molecule has 1 aliphatic heterocycles. The molecule has 7 nitrogen and oxygen atoms in total. The topological polar surface area (TPSA) is 76.2 Å². The second-order valence-corrected chi connectivity index (χ2v) is 6.94. The molecule has 0 saturated carbocycles. The summed E-state index contributed by atoms with van der Waals surface area (Å²) in [5.74, 6) is -0.779. The Labute approximate surface area is 157 Å². The lowest BCUT2D eigenvalue weighted by atomic mass is 10.2. The summed E-state index contributed by atoms with van der Waals surface area (Å²) in [7, 11) is 0. The van der Waals surface area contributed by atoms with Crippen LogP contribution >= 0.6 is 0 Å². The van der Waals surface area contributed by atoms with Crippen molar-refractivity contribution in [2.45, 2.75) is 38.9 Å². The number of benzene rings is 1. The van der Waals surface area contributed by atoms with E-state index < -0.39 is 5.97 Å². The Bertz CT molecular complexity index is 899. The van der Waals surface area contributed by atoms with Gasteiger partial charge in [-0.1, -0.05) is 12.1 Å². The zero-order chi connectivity index (χ0) is 18.6. The van der Waals surface area contributed by atoms with E-state index in [1.165, 1.54) is 11.3 Å². The van der Waals surface area contributed by atoms with Gasteiger partial charge in [0.2, 0.25) is 0 Å². The van der Waals surface area contributed by atoms with Crippen LogP contribution in [-0.4, -0.2) is 41.9 Å². The molecule has 1 aromatic carbocycles. The fraction of sp³-hybridized carbons (Fsp3) is 0.350. The maximum atomic E-state index is 10.8. The number of carbonyl (C=O) groups is 1. The number of aliphatic carboxylic acids is 1. The van der Waals surface area contributed by atoms with Gasteiger partial charge in [-0.15, -0.1) is 0 Å². The first kappa shape index (κ1) is 17.5. The maximum Gasteiger partial charge on any atom is 0.303 e. The molecule has 2 aromatic heterocycles. The van der Waals surface area contributed by atoms with Crippen LogP contribution in [0.4, 0.5) is 0 Å². The van der Waals surface area contributed by atoms with Crippen LogP contribution in [0.25, 0.3) is 5.69 Å². The van der Waals surface area contributed by atoms with Crippen LogP contribution in [0.5, 0.6) is 0 Å². The Morgan fingerprint density at radius 1 is 1.19 bits per heavy atom. The molecule has 4 rings (SSSR count). The number of fused-ring (bicyclic) bond motifs is 1. The van der Waals surface area contributed by atoms with Crippen molar-refractivity contribution in [1.29, 1.82) is 0 Å². The first-order chi connectivity index (χ1) is 13.2. The number of nitrogens with zero attached hydrogens (tertiary/aromatic N) is 5. The predicted molar refractivity (Wildman–Crippen MR) is 100 cm³/mol. The second-order valence-electron chi connectivity index (χ2n) is 6.94. The van der Waals surface area contributed by atoms with Crippen molar-refractivity contribution in [3.8, 4) is 5.69 Å². The molecule has 0 amide bonds. The molecular weight excluding hydrogens is 342 g/mol. The molecular formula is C20H23N5O2. The van der Waals surface area contributed by atoms with Crippen molar-refractivity contribution in [3.05, 3.63) is 66.0 Å². The van der Waals surface area contributed by atoms with E-state index in [-0.39, 0.29) is 6.42 Å². The molecule has 0 radical (unpaired) electrons. The number of carboxylic acids is 1. The zero-order valence-electron chi connectivity index (χ0n) is 15.2. The fourth-order valence-electron chi connectivity index (χ4n) is 3.52. The Balaban J connectivity index is 1.42. The van der Waals surface area contributed by atoms with Gasteiger partial charge in [-0.05, 0) is 30.2 Å². The summed E-state index contributed by atoms with van der Waals surface area (Å²) in [4.78, 5) is 17.3. The van der Waals surface area contributed by atoms with Crippen molar-refractivity contribution >= 4 is 5.97 Å². The number of imidazole rings is 1. The second kappa shape index (κ2) is 7.75. The van der Waals surface area contributed by atoms with Gasteiger partial charge in [0.25, 0.3) is 0 Å². The van der Waals surface area contributed by atoms with Crippen LogP contribution in [0.1, 0.15) is 29.8 Å². The number of hydrogen-bond acceptors (Lipinski definition) is 4. The van der Waals surface area contributed by atoms with Gasteiger partial charge in [-0.3, -0.25) is 14.4 Å². The van der Waals surface area contributed by atoms with Gasteiger partial charge in [-0.2, -0.15) is 5.10 Å². The van der Waals surface area contributed by atoms with Gasteiger partial charge in [-0.25, -0.2) is 4.98 Å². The number of hydrogen-bond donors (Lipinski definition) is 1. The van der Waals surface area contributed by atoms with E-state index in [1.807, 2.05) is 15.4 Å². The molecule has 1 aliphatic rings. The smallest absolute Gasteiger partial charge is 0.303 e.